The van der Waals surface area contributed by atoms with Crippen molar-refractivity contribution >= 4 is 34.6 Å². The number of ether oxygens (including phenoxy) is 1. The highest BCUT2D eigenvalue weighted by Gasteiger charge is 2.21. The summed E-state index contributed by atoms with van der Waals surface area (Å²) < 4.78 is 18.3. The van der Waals surface area contributed by atoms with Crippen molar-refractivity contribution in [1.29, 1.82) is 0 Å². The fourth-order valence-corrected chi connectivity index (χ4v) is 2.54. The molecule has 9 heteroatoms. The third-order valence-corrected chi connectivity index (χ3v) is 3.99. The summed E-state index contributed by atoms with van der Waals surface area (Å²) >= 11 is 1.24. The largest absolute Gasteiger partial charge is 0.448 e. The maximum Gasteiger partial charge on any atom is 0.349 e. The lowest BCUT2D eigenvalue weighted by Crippen LogP contribution is -2.29. The number of thiophene rings is 1. The number of anilines is 1. The minimum Gasteiger partial charge on any atom is -0.448 e. The van der Waals surface area contributed by atoms with Crippen molar-refractivity contribution in [2.45, 2.75) is 20.0 Å². The molecule has 24 heavy (non-hydrogen) atoms. The number of aryl methyl sites for hydroxylation is 1. The van der Waals surface area contributed by atoms with Gasteiger partial charge in [-0.2, -0.15) is 4.39 Å². The van der Waals surface area contributed by atoms with Gasteiger partial charge < -0.3 is 10.1 Å². The maximum absolute atomic E-state index is 13.3. The van der Waals surface area contributed by atoms with Crippen molar-refractivity contribution in [3.8, 4) is 0 Å². The van der Waals surface area contributed by atoms with Crippen molar-refractivity contribution in [1.82, 2.24) is 0 Å². The first-order valence-corrected chi connectivity index (χ1v) is 7.62. The van der Waals surface area contributed by atoms with E-state index >= 15 is 0 Å². The summed E-state index contributed by atoms with van der Waals surface area (Å²) in [7, 11) is 0. The Kier molecular flexibility index (Phi) is 5.24. The number of nitro groups is 1. The van der Waals surface area contributed by atoms with Gasteiger partial charge in [0.05, 0.1) is 4.92 Å². The smallest absolute Gasteiger partial charge is 0.349 e. The number of esters is 1. The average Bonchev–Trinajstić information content (AvgIpc) is 2.95. The molecule has 0 saturated carbocycles. The molecule has 1 aromatic heterocycles. The zero-order valence-electron chi connectivity index (χ0n) is 12.7. The third-order valence-electron chi connectivity index (χ3n) is 3.00. The molecular weight excluding hydrogens is 339 g/mol. The van der Waals surface area contributed by atoms with Crippen LogP contribution in [0.4, 0.5) is 15.8 Å². The van der Waals surface area contributed by atoms with Gasteiger partial charge in [-0.25, -0.2) is 4.79 Å². The summed E-state index contributed by atoms with van der Waals surface area (Å²) in [6.45, 7) is 3.20. The number of nitro benzene ring substituents is 1. The molecule has 0 radical (unpaired) electrons. The normalized spacial score (nSPS) is 11.6. The molecule has 126 valence electrons. The van der Waals surface area contributed by atoms with Gasteiger partial charge in [-0.05, 0) is 38.1 Å². The molecule has 0 saturated heterocycles. The molecule has 7 nitrogen and oxygen atoms in total. The number of hydrogen-bond donors (Lipinski definition) is 1. The van der Waals surface area contributed by atoms with Crippen LogP contribution in [-0.2, 0) is 9.53 Å². The Bertz CT molecular complexity index is 805. The quantitative estimate of drug-likeness (QED) is 0.506. The summed E-state index contributed by atoms with van der Waals surface area (Å²) in [5.41, 5.74) is -0.727. The molecule has 1 amide bonds. The Morgan fingerprint density at radius 2 is 2.04 bits per heavy atom. The molecule has 2 aromatic rings. The maximum atomic E-state index is 13.3. The number of benzene rings is 1. The highest BCUT2D eigenvalue weighted by atomic mass is 32.1. The zero-order chi connectivity index (χ0) is 17.9. The predicted octanol–water partition coefficient (Wildman–Crippen LogP) is 3.29. The van der Waals surface area contributed by atoms with E-state index < -0.39 is 34.4 Å². The van der Waals surface area contributed by atoms with Gasteiger partial charge >= 0.3 is 11.7 Å². The van der Waals surface area contributed by atoms with Crippen LogP contribution in [0.5, 0.6) is 0 Å². The van der Waals surface area contributed by atoms with Crippen molar-refractivity contribution < 1.29 is 23.6 Å². The lowest BCUT2D eigenvalue weighted by Gasteiger charge is -2.13. The topological polar surface area (TPSA) is 98.5 Å². The van der Waals surface area contributed by atoms with Crippen LogP contribution in [-0.4, -0.2) is 22.9 Å². The second-order valence-electron chi connectivity index (χ2n) is 4.87. The van der Waals surface area contributed by atoms with E-state index in [1.807, 2.05) is 6.92 Å². The van der Waals surface area contributed by atoms with E-state index in [2.05, 4.69) is 5.32 Å². The van der Waals surface area contributed by atoms with E-state index in [4.69, 9.17) is 4.74 Å². The second-order valence-corrected chi connectivity index (χ2v) is 6.16. The standard InChI is InChI=1S/C15H13FN2O5S/c1-8-3-6-13(24-8)15(20)23-9(2)14(19)17-10-4-5-11(16)12(7-10)18(21)22/h3-7,9H,1-2H3,(H,17,19)/t9-/m0/s1. The number of nitrogens with one attached hydrogen (secondary N) is 1. The number of carbonyl (C=O) groups excluding carboxylic acids is 2. The van der Waals surface area contributed by atoms with Gasteiger partial charge in [0.15, 0.2) is 6.10 Å². The fraction of sp³-hybridized carbons (Fsp3) is 0.200. The van der Waals surface area contributed by atoms with Crippen LogP contribution >= 0.6 is 11.3 Å². The first-order chi connectivity index (χ1) is 11.3. The van der Waals surface area contributed by atoms with Gasteiger partial charge in [0, 0.05) is 16.6 Å². The Morgan fingerprint density at radius 1 is 1.33 bits per heavy atom. The van der Waals surface area contributed by atoms with Gasteiger partial charge in [-0.3, -0.25) is 14.9 Å². The first kappa shape index (κ1) is 17.5. The van der Waals surface area contributed by atoms with E-state index in [1.54, 1.807) is 12.1 Å². The first-order valence-electron chi connectivity index (χ1n) is 6.80. The molecular formula is C15H13FN2O5S. The number of amides is 1. The summed E-state index contributed by atoms with van der Waals surface area (Å²) in [5, 5.41) is 13.0. The van der Waals surface area contributed by atoms with E-state index in [0.717, 1.165) is 17.0 Å². The average molecular weight is 352 g/mol. The molecule has 0 aliphatic rings. The van der Waals surface area contributed by atoms with E-state index in [1.165, 1.54) is 24.3 Å². The van der Waals surface area contributed by atoms with Gasteiger partial charge in [0.1, 0.15) is 4.88 Å². The molecule has 0 bridgehead atoms. The molecule has 1 atom stereocenters. The highest BCUT2D eigenvalue weighted by Crippen LogP contribution is 2.22. The molecule has 0 aliphatic heterocycles. The summed E-state index contributed by atoms with van der Waals surface area (Å²) in [6, 6.07) is 6.29. The van der Waals surface area contributed by atoms with Crippen LogP contribution in [0.2, 0.25) is 0 Å². The molecule has 0 spiro atoms. The number of halogens is 1. The Balaban J connectivity index is 2.02. The lowest BCUT2D eigenvalue weighted by molar-refractivity contribution is -0.387. The molecule has 1 N–H and O–H groups in total. The fourth-order valence-electron chi connectivity index (χ4n) is 1.79. The highest BCUT2D eigenvalue weighted by molar-refractivity contribution is 7.13. The molecule has 0 aliphatic carbocycles. The summed E-state index contributed by atoms with van der Waals surface area (Å²) in [5.74, 6) is -2.33. The summed E-state index contributed by atoms with van der Waals surface area (Å²) in [6.07, 6.45) is -1.12. The Hall–Kier alpha value is -2.81. The van der Waals surface area contributed by atoms with Crippen LogP contribution in [0, 0.1) is 22.9 Å². The Labute approximate surface area is 140 Å². The van der Waals surface area contributed by atoms with E-state index in [-0.39, 0.29) is 5.69 Å². The molecule has 0 fully saturated rings. The number of carbonyl (C=O) groups is 2. The molecule has 0 unspecified atom stereocenters. The summed E-state index contributed by atoms with van der Waals surface area (Å²) in [4.78, 5) is 35.0. The predicted molar refractivity (Wildman–Crippen MR) is 85.6 cm³/mol. The van der Waals surface area contributed by atoms with Crippen LogP contribution in [0.3, 0.4) is 0 Å². The van der Waals surface area contributed by atoms with Crippen LogP contribution in [0.1, 0.15) is 21.5 Å². The number of rotatable bonds is 5. The molecule has 1 heterocycles. The van der Waals surface area contributed by atoms with Gasteiger partial charge in [-0.15, -0.1) is 11.3 Å². The number of nitrogens with zero attached hydrogens (tertiary/aromatic N) is 1. The third kappa shape index (κ3) is 4.13. The molecule has 2 rings (SSSR count). The second kappa shape index (κ2) is 7.18. The van der Waals surface area contributed by atoms with Crippen LogP contribution < -0.4 is 5.32 Å². The number of hydrogen-bond acceptors (Lipinski definition) is 6. The molecule has 1 aromatic carbocycles. The van der Waals surface area contributed by atoms with Crippen molar-refractivity contribution in [2.75, 3.05) is 5.32 Å². The SMILES string of the molecule is Cc1ccc(C(=O)O[C@@H](C)C(=O)Nc2ccc(F)c([N+](=O)[O-])c2)s1. The Morgan fingerprint density at radius 3 is 2.62 bits per heavy atom. The van der Waals surface area contributed by atoms with Gasteiger partial charge in [0.25, 0.3) is 5.91 Å². The monoisotopic (exact) mass is 352 g/mol. The van der Waals surface area contributed by atoms with Crippen LogP contribution in [0.15, 0.2) is 30.3 Å². The zero-order valence-corrected chi connectivity index (χ0v) is 13.6. The van der Waals surface area contributed by atoms with Crippen molar-refractivity contribution in [2.24, 2.45) is 0 Å². The minimum absolute atomic E-state index is 0.0305. The van der Waals surface area contributed by atoms with E-state index in [9.17, 15) is 24.1 Å². The van der Waals surface area contributed by atoms with Crippen molar-refractivity contribution in [3.63, 3.8) is 0 Å². The lowest BCUT2D eigenvalue weighted by atomic mass is 10.2. The minimum atomic E-state index is -1.12. The van der Waals surface area contributed by atoms with Crippen LogP contribution in [0.25, 0.3) is 0 Å². The van der Waals surface area contributed by atoms with Gasteiger partial charge in [0.2, 0.25) is 5.82 Å². The van der Waals surface area contributed by atoms with Gasteiger partial charge in [-0.1, -0.05) is 0 Å². The van der Waals surface area contributed by atoms with Crippen molar-refractivity contribution in [3.05, 3.63) is 56.0 Å². The van der Waals surface area contributed by atoms with E-state index in [0.29, 0.717) is 4.88 Å².